The molecular weight excluding hydrogens is 506 g/mol. The van der Waals surface area contributed by atoms with Crippen molar-refractivity contribution in [2.24, 2.45) is 0 Å². The molecule has 6 atom stereocenters. The first-order valence-corrected chi connectivity index (χ1v) is 13.0. The minimum atomic E-state index is -1.93. The lowest BCUT2D eigenvalue weighted by molar-refractivity contribution is -0.150. The van der Waals surface area contributed by atoms with Crippen LogP contribution in [0.25, 0.3) is 0 Å². The number of aliphatic hydroxyl groups excluding tert-OH is 1. The quantitative estimate of drug-likeness (QED) is 0.521. The summed E-state index contributed by atoms with van der Waals surface area (Å²) in [6.45, 7) is 3.06. The molecule has 1 aromatic carbocycles. The highest BCUT2D eigenvalue weighted by Gasteiger charge is 2.64. The summed E-state index contributed by atoms with van der Waals surface area (Å²) in [4.78, 5) is 17.9. The predicted octanol–water partition coefficient (Wildman–Crippen LogP) is 1.07. The van der Waals surface area contributed by atoms with Gasteiger partial charge in [-0.2, -0.15) is 5.26 Å². The second kappa shape index (κ2) is 9.21. The number of fused-ring (bicyclic) bond motifs is 8. The van der Waals surface area contributed by atoms with E-state index in [2.05, 4.69) is 17.0 Å². The molecule has 0 radical (unpaired) electrons. The minimum absolute atomic E-state index is 0.00333. The SMILES string of the molecule is COCOc1c(OC)c(C)cc2c1[C@@H]1C3CC4(O)C(=O)C(C)=C5OCOC5=C4[C@H](CO)N3[C@@H](C#N)[C@@H](C2)N1C. The molecule has 2 N–H and O–H groups in total. The van der Waals surface area contributed by atoms with Crippen molar-refractivity contribution in [1.29, 1.82) is 5.26 Å². The molecule has 2 unspecified atom stereocenters. The van der Waals surface area contributed by atoms with Crippen LogP contribution in [-0.4, -0.2) is 97.0 Å². The lowest BCUT2D eigenvalue weighted by atomic mass is 9.65. The average Bonchev–Trinajstić information content (AvgIpc) is 3.40. The second-order valence-corrected chi connectivity index (χ2v) is 10.8. The van der Waals surface area contributed by atoms with E-state index in [1.165, 1.54) is 0 Å². The lowest BCUT2D eigenvalue weighted by Crippen LogP contribution is -2.74. The van der Waals surface area contributed by atoms with E-state index in [0.717, 1.165) is 16.7 Å². The van der Waals surface area contributed by atoms with Crippen molar-refractivity contribution >= 4 is 5.78 Å². The van der Waals surface area contributed by atoms with E-state index < -0.39 is 36.1 Å². The highest BCUT2D eigenvalue weighted by molar-refractivity contribution is 6.06. The number of nitrogens with zero attached hydrogens (tertiary/aromatic N) is 3. The molecule has 1 aliphatic carbocycles. The Hall–Kier alpha value is -3.14. The van der Waals surface area contributed by atoms with Gasteiger partial charge in [0.05, 0.1) is 31.9 Å². The van der Waals surface area contributed by atoms with Gasteiger partial charge in [0.2, 0.25) is 6.79 Å². The molecule has 6 rings (SSSR count). The van der Waals surface area contributed by atoms with Gasteiger partial charge in [-0.15, -0.1) is 0 Å². The van der Waals surface area contributed by atoms with E-state index in [-0.39, 0.29) is 49.0 Å². The highest BCUT2D eigenvalue weighted by atomic mass is 16.7. The van der Waals surface area contributed by atoms with Crippen molar-refractivity contribution in [3.8, 4) is 17.6 Å². The number of likely N-dealkylation sites (N-methyl/N-ethyl adjacent to an activating group) is 1. The monoisotopic (exact) mass is 539 g/mol. The number of piperazine rings is 1. The van der Waals surface area contributed by atoms with Gasteiger partial charge in [-0.3, -0.25) is 14.6 Å². The van der Waals surface area contributed by atoms with Crippen molar-refractivity contribution < 1.29 is 38.7 Å². The number of nitriles is 1. The van der Waals surface area contributed by atoms with Crippen LogP contribution in [0.3, 0.4) is 0 Å². The van der Waals surface area contributed by atoms with Crippen molar-refractivity contribution in [2.75, 3.05) is 41.5 Å². The summed E-state index contributed by atoms with van der Waals surface area (Å²) in [5.74, 6) is 1.22. The third-order valence-electron chi connectivity index (χ3n) is 9.05. The molecule has 4 heterocycles. The Bertz CT molecular complexity index is 1350. The summed E-state index contributed by atoms with van der Waals surface area (Å²) in [5, 5.41) is 33.5. The number of hydrogen-bond donors (Lipinski definition) is 2. The van der Waals surface area contributed by atoms with Crippen LogP contribution >= 0.6 is 0 Å². The maximum Gasteiger partial charge on any atom is 0.231 e. The zero-order chi connectivity index (χ0) is 27.8. The van der Waals surface area contributed by atoms with Gasteiger partial charge >= 0.3 is 0 Å². The number of carbonyl (C=O) groups is 1. The number of aryl methyl sites for hydroxylation is 1. The first kappa shape index (κ1) is 26.1. The van der Waals surface area contributed by atoms with Gasteiger partial charge in [0, 0.05) is 42.3 Å². The fourth-order valence-corrected chi connectivity index (χ4v) is 7.55. The molecule has 2 bridgehead atoms. The molecular formula is C28H33N3O8. The van der Waals surface area contributed by atoms with E-state index in [1.807, 2.05) is 18.9 Å². The Morgan fingerprint density at radius 2 is 1.95 bits per heavy atom. The summed E-state index contributed by atoms with van der Waals surface area (Å²) in [6, 6.07) is 1.96. The molecule has 11 nitrogen and oxygen atoms in total. The Morgan fingerprint density at radius 3 is 2.62 bits per heavy atom. The Morgan fingerprint density at radius 1 is 1.21 bits per heavy atom. The number of piperidine rings is 1. The Balaban J connectivity index is 1.59. The van der Waals surface area contributed by atoms with E-state index in [0.29, 0.717) is 23.7 Å². The fraction of sp³-hybridized carbons (Fsp3) is 0.571. The van der Waals surface area contributed by atoms with Gasteiger partial charge in [0.15, 0.2) is 41.2 Å². The molecule has 0 saturated carbocycles. The lowest BCUT2D eigenvalue weighted by Gasteiger charge is -2.62. The smallest absolute Gasteiger partial charge is 0.231 e. The molecule has 208 valence electrons. The van der Waals surface area contributed by atoms with Crippen molar-refractivity contribution in [3.63, 3.8) is 0 Å². The standard InChI is InChI=1S/C28H33N3O8/c1-13-6-15-7-16-18(9-29)31-17(22(30(16)3)20(15)25(23(13)36-5)37-11-35-4)8-28(34)21(19(31)10-32)26-24(38-12-39-26)14(2)27(28)33/h6,16-19,22,32,34H,7-8,10-12H2,1-5H3/t16-,17?,18+,19+,22+,28?/m1/s1. The van der Waals surface area contributed by atoms with Crippen LogP contribution in [0.2, 0.25) is 0 Å². The molecule has 1 aromatic rings. The van der Waals surface area contributed by atoms with E-state index in [4.69, 9.17) is 23.7 Å². The second-order valence-electron chi connectivity index (χ2n) is 10.8. The molecule has 4 aliphatic heterocycles. The zero-order valence-corrected chi connectivity index (χ0v) is 22.7. The molecule has 0 spiro atoms. The zero-order valence-electron chi connectivity index (χ0n) is 22.7. The van der Waals surface area contributed by atoms with Gasteiger partial charge < -0.3 is 33.9 Å². The van der Waals surface area contributed by atoms with Gasteiger partial charge in [-0.25, -0.2) is 0 Å². The van der Waals surface area contributed by atoms with Crippen LogP contribution in [0.15, 0.2) is 28.7 Å². The van der Waals surface area contributed by atoms with Crippen LogP contribution in [0.4, 0.5) is 0 Å². The van der Waals surface area contributed by atoms with E-state index in [9.17, 15) is 20.3 Å². The number of methoxy groups -OCH3 is 2. The van der Waals surface area contributed by atoms with Crippen LogP contribution in [0.1, 0.15) is 36.1 Å². The minimum Gasteiger partial charge on any atom is -0.493 e. The summed E-state index contributed by atoms with van der Waals surface area (Å²) in [5.41, 5.74) is 1.40. The summed E-state index contributed by atoms with van der Waals surface area (Å²) >= 11 is 0. The fourth-order valence-electron chi connectivity index (χ4n) is 7.55. The normalized spacial score (nSPS) is 33.4. The van der Waals surface area contributed by atoms with E-state index >= 15 is 0 Å². The largest absolute Gasteiger partial charge is 0.493 e. The molecule has 5 aliphatic rings. The van der Waals surface area contributed by atoms with Crippen molar-refractivity contribution in [2.45, 2.75) is 62.5 Å². The topological polar surface area (TPSA) is 134 Å². The molecule has 3 saturated heterocycles. The van der Waals surface area contributed by atoms with Crippen LogP contribution in [-0.2, 0) is 25.4 Å². The maximum atomic E-state index is 13.7. The summed E-state index contributed by atoms with van der Waals surface area (Å²) in [7, 11) is 5.09. The van der Waals surface area contributed by atoms with Gasteiger partial charge in [-0.1, -0.05) is 6.07 Å². The van der Waals surface area contributed by atoms with E-state index in [1.54, 1.807) is 21.1 Å². The van der Waals surface area contributed by atoms with Gasteiger partial charge in [0.25, 0.3) is 0 Å². The third-order valence-corrected chi connectivity index (χ3v) is 9.05. The first-order valence-electron chi connectivity index (χ1n) is 13.0. The first-order chi connectivity index (χ1) is 18.7. The van der Waals surface area contributed by atoms with Crippen LogP contribution in [0.5, 0.6) is 11.5 Å². The number of ketones is 1. The Kier molecular flexibility index (Phi) is 6.17. The summed E-state index contributed by atoms with van der Waals surface area (Å²) < 4.78 is 28.5. The number of benzene rings is 1. The number of carbonyl (C=O) groups excluding carboxylic acids is 1. The predicted molar refractivity (Wildman–Crippen MR) is 135 cm³/mol. The third kappa shape index (κ3) is 3.36. The van der Waals surface area contributed by atoms with Crippen LogP contribution < -0.4 is 9.47 Å². The molecule has 0 aromatic heterocycles. The molecule has 0 amide bonds. The van der Waals surface area contributed by atoms with Gasteiger partial charge in [0.1, 0.15) is 6.04 Å². The number of rotatable bonds is 5. The number of aliphatic hydroxyl groups is 2. The molecule has 39 heavy (non-hydrogen) atoms. The molecule has 3 fully saturated rings. The average molecular weight is 540 g/mol. The highest BCUT2D eigenvalue weighted by Crippen LogP contribution is 2.56. The summed E-state index contributed by atoms with van der Waals surface area (Å²) in [6.07, 6.45) is 0.559. The number of hydrogen-bond acceptors (Lipinski definition) is 11. The maximum absolute atomic E-state index is 13.7. The van der Waals surface area contributed by atoms with Crippen molar-refractivity contribution in [3.05, 3.63) is 45.4 Å². The van der Waals surface area contributed by atoms with Crippen molar-refractivity contribution in [1.82, 2.24) is 9.80 Å². The Labute approximate surface area is 226 Å². The van der Waals surface area contributed by atoms with Crippen LogP contribution in [0, 0.1) is 18.3 Å². The van der Waals surface area contributed by atoms with Gasteiger partial charge in [-0.05, 0) is 38.4 Å². The number of Topliss-reactive ketones (excluding diaryl/α,β-unsaturated/α-hetero) is 1. The number of ether oxygens (including phenoxy) is 5. The molecule has 11 heteroatoms.